The van der Waals surface area contributed by atoms with Crippen molar-refractivity contribution in [1.82, 2.24) is 0 Å². The summed E-state index contributed by atoms with van der Waals surface area (Å²) in [5.41, 5.74) is 4.75. The quantitative estimate of drug-likeness (QED) is 0.498. The molecule has 1 atom stereocenters. The summed E-state index contributed by atoms with van der Waals surface area (Å²) in [5.74, 6) is 4.06. The summed E-state index contributed by atoms with van der Waals surface area (Å²) in [6.07, 6.45) is 0. The van der Waals surface area contributed by atoms with Gasteiger partial charge in [0.05, 0.1) is 5.76 Å². The average molecular weight is 323 g/mol. The van der Waals surface area contributed by atoms with E-state index in [2.05, 4.69) is 75.0 Å². The van der Waals surface area contributed by atoms with E-state index < -0.39 is 8.32 Å². The number of hydrogen-bond acceptors (Lipinski definition) is 1. The minimum absolute atomic E-state index is 0.474. The van der Waals surface area contributed by atoms with Gasteiger partial charge >= 0.3 is 0 Å². The standard InChI is InChI=1S/C20H38OSi/c1-12(2)16-17(13(3)4)19(15(7)8)20(18(16)14(5)6)21-22(9,10)11/h12-15,18H,1-11H3. The molecule has 0 aromatic rings. The summed E-state index contributed by atoms with van der Waals surface area (Å²) in [6.45, 7) is 25.6. The molecule has 0 N–H and O–H groups in total. The normalized spacial score (nSPS) is 20.4. The molecular formula is C20H38OSi. The second-order valence-corrected chi connectivity index (χ2v) is 13.5. The highest BCUT2D eigenvalue weighted by Gasteiger charge is 2.41. The Hall–Kier alpha value is -0.503. The zero-order valence-corrected chi connectivity index (χ0v) is 17.8. The molecule has 0 aromatic heterocycles. The van der Waals surface area contributed by atoms with Crippen molar-refractivity contribution in [2.75, 3.05) is 0 Å². The SMILES string of the molecule is CC(C)C1=C(O[Si](C)(C)C)C(C(C)C)C(C(C)C)=C1C(C)C. The number of hydrogen-bond donors (Lipinski definition) is 0. The summed E-state index contributed by atoms with van der Waals surface area (Å²) in [5, 5.41) is 0. The summed E-state index contributed by atoms with van der Waals surface area (Å²) in [6, 6.07) is 0. The van der Waals surface area contributed by atoms with Crippen molar-refractivity contribution in [3.8, 4) is 0 Å². The maximum atomic E-state index is 6.68. The van der Waals surface area contributed by atoms with Gasteiger partial charge < -0.3 is 4.43 Å². The van der Waals surface area contributed by atoms with Crippen LogP contribution in [-0.4, -0.2) is 8.32 Å². The second kappa shape index (κ2) is 6.94. The van der Waals surface area contributed by atoms with E-state index in [1.807, 2.05) is 0 Å². The van der Waals surface area contributed by atoms with E-state index in [1.54, 1.807) is 11.1 Å². The van der Waals surface area contributed by atoms with Gasteiger partial charge in [-0.1, -0.05) is 61.0 Å². The van der Waals surface area contributed by atoms with Crippen molar-refractivity contribution >= 4 is 8.32 Å². The Morgan fingerprint density at radius 3 is 1.45 bits per heavy atom. The molecule has 0 aliphatic heterocycles. The van der Waals surface area contributed by atoms with Crippen LogP contribution in [0.5, 0.6) is 0 Å². The number of rotatable bonds is 6. The third-order valence-corrected chi connectivity index (χ3v) is 5.18. The predicted octanol–water partition coefficient (Wildman–Crippen LogP) is 6.64. The van der Waals surface area contributed by atoms with E-state index in [1.165, 1.54) is 11.3 Å². The van der Waals surface area contributed by atoms with E-state index in [0.717, 1.165) is 0 Å². The zero-order chi connectivity index (χ0) is 17.4. The first-order valence-electron chi connectivity index (χ1n) is 9.05. The minimum Gasteiger partial charge on any atom is -0.547 e. The van der Waals surface area contributed by atoms with E-state index in [-0.39, 0.29) is 0 Å². The average Bonchev–Trinajstić information content (AvgIpc) is 2.61. The highest BCUT2D eigenvalue weighted by atomic mass is 28.4. The predicted molar refractivity (Wildman–Crippen MR) is 101 cm³/mol. The summed E-state index contributed by atoms with van der Waals surface area (Å²) in [4.78, 5) is 0. The topological polar surface area (TPSA) is 9.23 Å². The van der Waals surface area contributed by atoms with Crippen molar-refractivity contribution in [1.29, 1.82) is 0 Å². The van der Waals surface area contributed by atoms with Gasteiger partial charge in [-0.3, -0.25) is 0 Å². The molecule has 1 aliphatic carbocycles. The highest BCUT2D eigenvalue weighted by molar-refractivity contribution is 6.70. The summed E-state index contributed by atoms with van der Waals surface area (Å²) >= 11 is 0. The molecule has 0 amide bonds. The van der Waals surface area contributed by atoms with Gasteiger partial charge in [-0.25, -0.2) is 0 Å². The Balaban J connectivity index is 3.60. The van der Waals surface area contributed by atoms with Gasteiger partial charge in [-0.05, 0) is 54.5 Å². The van der Waals surface area contributed by atoms with Crippen molar-refractivity contribution in [2.45, 2.75) is 75.0 Å². The van der Waals surface area contributed by atoms with Crippen LogP contribution in [0.2, 0.25) is 19.6 Å². The Bertz CT molecular complexity index is 459. The monoisotopic (exact) mass is 322 g/mol. The summed E-state index contributed by atoms with van der Waals surface area (Å²) in [7, 11) is -1.61. The van der Waals surface area contributed by atoms with Gasteiger partial charge in [0.15, 0.2) is 0 Å². The molecule has 1 rings (SSSR count). The van der Waals surface area contributed by atoms with Gasteiger partial charge in [0.1, 0.15) is 0 Å². The molecular weight excluding hydrogens is 284 g/mol. The molecule has 0 fully saturated rings. The molecule has 0 bridgehead atoms. The largest absolute Gasteiger partial charge is 0.547 e. The van der Waals surface area contributed by atoms with Crippen LogP contribution in [0.3, 0.4) is 0 Å². The van der Waals surface area contributed by atoms with Gasteiger partial charge in [0.25, 0.3) is 0 Å². The first-order valence-corrected chi connectivity index (χ1v) is 12.5. The first-order chi connectivity index (χ1) is 9.88. The fourth-order valence-electron chi connectivity index (χ4n) is 3.78. The van der Waals surface area contributed by atoms with Crippen molar-refractivity contribution in [3.63, 3.8) is 0 Å². The van der Waals surface area contributed by atoms with Crippen LogP contribution < -0.4 is 0 Å². The number of allylic oxidation sites excluding steroid dienone is 3. The van der Waals surface area contributed by atoms with Gasteiger partial charge in [0.2, 0.25) is 8.32 Å². The van der Waals surface area contributed by atoms with E-state index in [0.29, 0.717) is 29.6 Å². The van der Waals surface area contributed by atoms with Gasteiger partial charge in [-0.15, -0.1) is 0 Å². The molecule has 2 heteroatoms. The second-order valence-electron chi connectivity index (χ2n) is 9.05. The highest BCUT2D eigenvalue weighted by Crippen LogP contribution is 2.50. The lowest BCUT2D eigenvalue weighted by atomic mass is 9.80. The van der Waals surface area contributed by atoms with Crippen molar-refractivity contribution < 1.29 is 4.43 Å². The van der Waals surface area contributed by atoms with Crippen LogP contribution in [0.25, 0.3) is 0 Å². The third kappa shape index (κ3) is 4.07. The lowest BCUT2D eigenvalue weighted by Gasteiger charge is -2.31. The van der Waals surface area contributed by atoms with E-state index in [4.69, 9.17) is 4.43 Å². The maximum absolute atomic E-state index is 6.68. The molecule has 0 saturated heterocycles. The minimum atomic E-state index is -1.61. The fraction of sp³-hybridized carbons (Fsp3) is 0.800. The van der Waals surface area contributed by atoms with Crippen LogP contribution in [0, 0.1) is 29.6 Å². The van der Waals surface area contributed by atoms with Gasteiger partial charge in [0, 0.05) is 5.92 Å². The van der Waals surface area contributed by atoms with Crippen molar-refractivity contribution in [3.05, 3.63) is 22.5 Å². The van der Waals surface area contributed by atoms with Gasteiger partial charge in [-0.2, -0.15) is 0 Å². The molecule has 0 radical (unpaired) electrons. The molecule has 128 valence electrons. The third-order valence-electron chi connectivity index (χ3n) is 4.34. The van der Waals surface area contributed by atoms with E-state index in [9.17, 15) is 0 Å². The lowest BCUT2D eigenvalue weighted by Crippen LogP contribution is -2.29. The van der Waals surface area contributed by atoms with E-state index >= 15 is 0 Å². The molecule has 0 spiro atoms. The molecule has 1 nitrogen and oxygen atoms in total. The maximum Gasteiger partial charge on any atom is 0.241 e. The molecule has 22 heavy (non-hydrogen) atoms. The van der Waals surface area contributed by atoms with Crippen molar-refractivity contribution in [2.24, 2.45) is 29.6 Å². The molecule has 0 aromatic carbocycles. The Morgan fingerprint density at radius 2 is 1.18 bits per heavy atom. The first kappa shape index (κ1) is 19.5. The lowest BCUT2D eigenvalue weighted by molar-refractivity contribution is 0.309. The fourth-order valence-corrected chi connectivity index (χ4v) is 4.68. The van der Waals surface area contributed by atoms with Crippen LogP contribution in [0.15, 0.2) is 22.5 Å². The Labute approximate surface area is 140 Å². The summed E-state index contributed by atoms with van der Waals surface area (Å²) < 4.78 is 6.68. The smallest absolute Gasteiger partial charge is 0.241 e. The molecule has 0 saturated carbocycles. The Morgan fingerprint density at radius 1 is 0.727 bits per heavy atom. The van der Waals surface area contributed by atoms with Crippen LogP contribution >= 0.6 is 0 Å². The molecule has 1 unspecified atom stereocenters. The molecule has 1 aliphatic rings. The van der Waals surface area contributed by atoms with Crippen LogP contribution in [-0.2, 0) is 4.43 Å². The zero-order valence-electron chi connectivity index (χ0n) is 16.8. The van der Waals surface area contributed by atoms with Crippen LogP contribution in [0.1, 0.15) is 55.4 Å². The Kier molecular flexibility index (Phi) is 6.17. The van der Waals surface area contributed by atoms with Crippen LogP contribution in [0.4, 0.5) is 0 Å². The molecule has 0 heterocycles.